The summed E-state index contributed by atoms with van der Waals surface area (Å²) in [5.41, 5.74) is 0.652. The van der Waals surface area contributed by atoms with Crippen LogP contribution in [0.15, 0.2) is 61.0 Å². The van der Waals surface area contributed by atoms with Crippen molar-refractivity contribution >= 4 is 55.2 Å². The summed E-state index contributed by atoms with van der Waals surface area (Å²) in [6.45, 7) is -0.0638. The van der Waals surface area contributed by atoms with Crippen LogP contribution in [0.5, 0.6) is 5.75 Å². The van der Waals surface area contributed by atoms with Gasteiger partial charge in [-0.2, -0.15) is 0 Å². The minimum atomic E-state index is -0.470. The van der Waals surface area contributed by atoms with Gasteiger partial charge in [-0.3, -0.25) is 4.79 Å². The molecule has 0 radical (unpaired) electrons. The van der Waals surface area contributed by atoms with Gasteiger partial charge in [0.2, 0.25) is 5.91 Å². The first-order valence-corrected chi connectivity index (χ1v) is 10.2. The van der Waals surface area contributed by atoms with Gasteiger partial charge in [0.25, 0.3) is 11.1 Å². The smallest absolute Gasteiger partial charge is 0.277 e. The summed E-state index contributed by atoms with van der Waals surface area (Å²) in [4.78, 5) is 12.1. The number of thioether (sulfide) groups is 1. The first kappa shape index (κ1) is 19.8. The van der Waals surface area contributed by atoms with E-state index in [1.807, 2.05) is 12.1 Å². The highest BCUT2D eigenvalue weighted by Gasteiger charge is 2.12. The van der Waals surface area contributed by atoms with Crippen molar-refractivity contribution in [3.8, 4) is 5.75 Å². The molecule has 10 heteroatoms. The molecule has 1 amide bonds. The molecule has 0 aliphatic heterocycles. The fourth-order valence-electron chi connectivity index (χ4n) is 1.96. The third-order valence-corrected chi connectivity index (χ3v) is 5.17. The third kappa shape index (κ3) is 5.78. The molecule has 3 rings (SSSR count). The SMILES string of the molecule is O=C(CSc1nnc(COc2ccccc2F)o1)Nc1cc(Br)ccc1Br. The van der Waals surface area contributed by atoms with Crippen LogP contribution in [0, 0.1) is 5.82 Å². The van der Waals surface area contributed by atoms with Crippen molar-refractivity contribution in [1.29, 1.82) is 0 Å². The second-order valence-corrected chi connectivity index (χ2v) is 7.84. The molecule has 140 valence electrons. The molecule has 0 saturated heterocycles. The lowest BCUT2D eigenvalue weighted by molar-refractivity contribution is -0.113. The number of para-hydroxylation sites is 1. The second-order valence-electron chi connectivity index (χ2n) is 5.14. The highest BCUT2D eigenvalue weighted by atomic mass is 79.9. The quantitative estimate of drug-likeness (QED) is 0.443. The molecular weight excluding hydrogens is 505 g/mol. The fraction of sp³-hybridized carbons (Fsp3) is 0.118. The Morgan fingerprint density at radius 3 is 2.85 bits per heavy atom. The number of ether oxygens (including phenoxy) is 1. The number of benzene rings is 2. The normalized spacial score (nSPS) is 10.6. The van der Waals surface area contributed by atoms with Gasteiger partial charge >= 0.3 is 0 Å². The van der Waals surface area contributed by atoms with Crippen molar-refractivity contribution in [3.63, 3.8) is 0 Å². The Morgan fingerprint density at radius 1 is 1.22 bits per heavy atom. The summed E-state index contributed by atoms with van der Waals surface area (Å²) in [6.07, 6.45) is 0. The maximum atomic E-state index is 13.5. The maximum Gasteiger partial charge on any atom is 0.277 e. The number of hydrogen-bond donors (Lipinski definition) is 1. The molecule has 0 bridgehead atoms. The number of halogens is 3. The van der Waals surface area contributed by atoms with Crippen LogP contribution in [0.1, 0.15) is 5.89 Å². The molecular formula is C17H12Br2FN3O3S. The van der Waals surface area contributed by atoms with E-state index >= 15 is 0 Å². The summed E-state index contributed by atoms with van der Waals surface area (Å²) < 4.78 is 25.8. The van der Waals surface area contributed by atoms with E-state index in [9.17, 15) is 9.18 Å². The minimum Gasteiger partial charge on any atom is -0.481 e. The number of carbonyl (C=O) groups excluding carboxylic acids is 1. The molecule has 0 spiro atoms. The van der Waals surface area contributed by atoms with Crippen molar-refractivity contribution in [1.82, 2.24) is 10.2 Å². The Labute approximate surface area is 175 Å². The van der Waals surface area contributed by atoms with Gasteiger partial charge in [-0.1, -0.05) is 39.8 Å². The van der Waals surface area contributed by atoms with Crippen LogP contribution >= 0.6 is 43.6 Å². The van der Waals surface area contributed by atoms with Crippen LogP contribution in [0.4, 0.5) is 10.1 Å². The number of anilines is 1. The van der Waals surface area contributed by atoms with E-state index in [0.717, 1.165) is 20.7 Å². The van der Waals surface area contributed by atoms with E-state index in [4.69, 9.17) is 9.15 Å². The summed E-state index contributed by atoms with van der Waals surface area (Å²) in [5, 5.41) is 10.7. The van der Waals surface area contributed by atoms with E-state index in [2.05, 4.69) is 47.4 Å². The number of rotatable bonds is 7. The predicted molar refractivity (Wildman–Crippen MR) is 106 cm³/mol. The highest BCUT2D eigenvalue weighted by molar-refractivity contribution is 9.11. The van der Waals surface area contributed by atoms with E-state index in [1.165, 1.54) is 12.1 Å². The lowest BCUT2D eigenvalue weighted by Gasteiger charge is -2.07. The Hall–Kier alpha value is -1.91. The molecule has 1 aromatic heterocycles. The summed E-state index contributed by atoms with van der Waals surface area (Å²) in [7, 11) is 0. The Kier molecular flexibility index (Phi) is 6.86. The standard InChI is InChI=1S/C17H12Br2FN3O3S/c18-10-5-6-11(19)13(7-10)21-15(24)9-27-17-23-22-16(26-17)8-25-14-4-2-1-3-12(14)20/h1-7H,8-9H2,(H,21,24). The Balaban J connectivity index is 1.50. The first-order valence-electron chi connectivity index (χ1n) is 7.58. The van der Waals surface area contributed by atoms with E-state index in [0.29, 0.717) is 5.69 Å². The van der Waals surface area contributed by atoms with Crippen molar-refractivity contribution < 1.29 is 18.3 Å². The Morgan fingerprint density at radius 2 is 2.04 bits per heavy atom. The van der Waals surface area contributed by atoms with Gasteiger partial charge in [-0.25, -0.2) is 4.39 Å². The van der Waals surface area contributed by atoms with E-state index in [-0.39, 0.29) is 35.1 Å². The van der Waals surface area contributed by atoms with Crippen LogP contribution in [0.25, 0.3) is 0 Å². The second kappa shape index (κ2) is 9.34. The molecule has 1 heterocycles. The molecule has 6 nitrogen and oxygen atoms in total. The molecule has 2 aromatic carbocycles. The van der Waals surface area contributed by atoms with Crippen molar-refractivity contribution in [2.75, 3.05) is 11.1 Å². The van der Waals surface area contributed by atoms with Crippen LogP contribution in [-0.4, -0.2) is 21.9 Å². The number of nitrogens with one attached hydrogen (secondary N) is 1. The lowest BCUT2D eigenvalue weighted by atomic mass is 10.3. The average Bonchev–Trinajstić information content (AvgIpc) is 3.10. The van der Waals surface area contributed by atoms with Gasteiger partial charge in [0.05, 0.1) is 11.4 Å². The van der Waals surface area contributed by atoms with Crippen molar-refractivity contribution in [3.05, 3.63) is 63.1 Å². The lowest BCUT2D eigenvalue weighted by Crippen LogP contribution is -2.14. The first-order chi connectivity index (χ1) is 13.0. The average molecular weight is 517 g/mol. The topological polar surface area (TPSA) is 77.2 Å². The number of amides is 1. The van der Waals surface area contributed by atoms with Crippen LogP contribution < -0.4 is 10.1 Å². The zero-order valence-corrected chi connectivity index (χ0v) is 17.6. The van der Waals surface area contributed by atoms with Crippen molar-refractivity contribution in [2.45, 2.75) is 11.8 Å². The third-order valence-electron chi connectivity index (χ3n) is 3.17. The molecule has 0 atom stereocenters. The van der Waals surface area contributed by atoms with E-state index < -0.39 is 5.82 Å². The molecule has 0 saturated carbocycles. The minimum absolute atomic E-state index is 0.0638. The zero-order chi connectivity index (χ0) is 19.2. The molecule has 1 N–H and O–H groups in total. The van der Waals surface area contributed by atoms with E-state index in [1.54, 1.807) is 18.2 Å². The van der Waals surface area contributed by atoms with Gasteiger partial charge in [0.15, 0.2) is 18.2 Å². The molecule has 27 heavy (non-hydrogen) atoms. The van der Waals surface area contributed by atoms with Crippen molar-refractivity contribution in [2.24, 2.45) is 0 Å². The highest BCUT2D eigenvalue weighted by Crippen LogP contribution is 2.26. The molecule has 0 aliphatic rings. The fourth-order valence-corrected chi connectivity index (χ4v) is 3.25. The van der Waals surface area contributed by atoms with Gasteiger partial charge in [0, 0.05) is 8.95 Å². The molecule has 3 aromatic rings. The number of hydrogen-bond acceptors (Lipinski definition) is 6. The van der Waals surface area contributed by atoms with Gasteiger partial charge in [0.1, 0.15) is 0 Å². The molecule has 0 unspecified atom stereocenters. The summed E-state index contributed by atoms with van der Waals surface area (Å²) >= 11 is 7.83. The summed E-state index contributed by atoms with van der Waals surface area (Å²) in [5.74, 6) is -0.308. The monoisotopic (exact) mass is 515 g/mol. The Bertz CT molecular complexity index is 955. The number of carbonyl (C=O) groups is 1. The number of nitrogens with zero attached hydrogens (tertiary/aromatic N) is 2. The van der Waals surface area contributed by atoms with Crippen LogP contribution in [0.3, 0.4) is 0 Å². The van der Waals surface area contributed by atoms with Gasteiger partial charge in [-0.05, 0) is 46.3 Å². The molecule has 0 fully saturated rings. The predicted octanol–water partition coefficient (Wildman–Crippen LogP) is 5.04. The van der Waals surface area contributed by atoms with Crippen LogP contribution in [0.2, 0.25) is 0 Å². The summed E-state index contributed by atoms with van der Waals surface area (Å²) in [6, 6.07) is 11.5. The number of aromatic nitrogens is 2. The van der Waals surface area contributed by atoms with Gasteiger partial charge in [-0.15, -0.1) is 10.2 Å². The zero-order valence-electron chi connectivity index (χ0n) is 13.6. The largest absolute Gasteiger partial charge is 0.481 e. The molecule has 0 aliphatic carbocycles. The maximum absolute atomic E-state index is 13.5. The van der Waals surface area contributed by atoms with Crippen LogP contribution in [-0.2, 0) is 11.4 Å². The van der Waals surface area contributed by atoms with Gasteiger partial charge < -0.3 is 14.5 Å².